The van der Waals surface area contributed by atoms with E-state index in [4.69, 9.17) is 9.72 Å². The van der Waals surface area contributed by atoms with E-state index in [1.807, 2.05) is 34.9 Å². The molecule has 2 amide bonds. The van der Waals surface area contributed by atoms with Crippen LogP contribution in [0.3, 0.4) is 0 Å². The van der Waals surface area contributed by atoms with Crippen molar-refractivity contribution in [2.45, 2.75) is 5.60 Å². The monoisotopic (exact) mass is 436 g/mol. The number of hydrogen-bond acceptors (Lipinski definition) is 6. The number of aliphatic hydroxyl groups is 1. The van der Waals surface area contributed by atoms with Gasteiger partial charge in [0.25, 0.3) is 11.8 Å². The highest BCUT2D eigenvalue weighted by Gasteiger charge is 2.36. The molecule has 0 atom stereocenters. The van der Waals surface area contributed by atoms with Crippen molar-refractivity contribution in [2.75, 3.05) is 26.8 Å². The molecule has 158 valence electrons. The summed E-state index contributed by atoms with van der Waals surface area (Å²) in [6.45, 7) is 0.649. The lowest BCUT2D eigenvalue weighted by Gasteiger charge is -2.36. The Labute approximate surface area is 181 Å². The first-order valence-electron chi connectivity index (χ1n) is 9.78. The molecule has 0 bridgehead atoms. The second kappa shape index (κ2) is 7.45. The maximum atomic E-state index is 12.5. The molecule has 3 N–H and O–H groups in total. The van der Waals surface area contributed by atoms with Gasteiger partial charge in [-0.05, 0) is 30.3 Å². The lowest BCUT2D eigenvalue weighted by molar-refractivity contribution is -0.173. The molecule has 0 unspecified atom stereocenters. The molecule has 1 aliphatic heterocycles. The summed E-state index contributed by atoms with van der Waals surface area (Å²) in [7, 11) is 1.60. The number of nitrogens with zero attached hydrogens (tertiary/aromatic N) is 2. The molecule has 2 aromatic heterocycles. The number of ether oxygens (including phenoxy) is 1. The average molecular weight is 436 g/mol. The van der Waals surface area contributed by atoms with Crippen LogP contribution in [0.25, 0.3) is 26.4 Å². The fraction of sp³-hybridized carbons (Fsp3) is 0.227. The van der Waals surface area contributed by atoms with E-state index in [1.165, 1.54) is 11.3 Å². The Hall–Kier alpha value is -3.27. The van der Waals surface area contributed by atoms with E-state index >= 15 is 0 Å². The topological polar surface area (TPSA) is 105 Å². The summed E-state index contributed by atoms with van der Waals surface area (Å²) in [6, 6.07) is 12.8. The fourth-order valence-electron chi connectivity index (χ4n) is 3.50. The first kappa shape index (κ1) is 19.7. The lowest BCUT2D eigenvalue weighted by Crippen LogP contribution is -2.56. The van der Waals surface area contributed by atoms with Crippen molar-refractivity contribution in [2.24, 2.45) is 0 Å². The standard InChI is InChI=1S/C22H20N4O4S/c1-23-19(27)14-4-2-13(3-5-14)16-9-26-17-7-6-15(8-18(17)31-21(26)25-16)20(28)24-10-22(29)11-30-12-22/h2-9,29H,10-12H2,1H3,(H,23,27)(H,24,28). The molecule has 0 saturated carbocycles. The van der Waals surface area contributed by atoms with Gasteiger partial charge in [-0.3, -0.25) is 14.0 Å². The van der Waals surface area contributed by atoms with E-state index in [9.17, 15) is 14.7 Å². The van der Waals surface area contributed by atoms with Gasteiger partial charge >= 0.3 is 0 Å². The fourth-order valence-corrected chi connectivity index (χ4v) is 4.55. The molecule has 2 aromatic carbocycles. The third kappa shape index (κ3) is 3.56. The summed E-state index contributed by atoms with van der Waals surface area (Å²) >= 11 is 1.50. The number of aromatic nitrogens is 2. The Kier molecular flexibility index (Phi) is 4.73. The number of rotatable bonds is 5. The minimum Gasteiger partial charge on any atom is -0.383 e. The maximum Gasteiger partial charge on any atom is 0.251 e. The van der Waals surface area contributed by atoms with Crippen molar-refractivity contribution in [1.82, 2.24) is 20.0 Å². The molecular formula is C22H20N4O4S. The van der Waals surface area contributed by atoms with Gasteiger partial charge in [0.2, 0.25) is 0 Å². The zero-order valence-electron chi connectivity index (χ0n) is 16.7. The van der Waals surface area contributed by atoms with Crippen LogP contribution in [-0.4, -0.2) is 58.7 Å². The third-order valence-corrected chi connectivity index (χ3v) is 6.36. The predicted molar refractivity (Wildman–Crippen MR) is 118 cm³/mol. The quantitative estimate of drug-likeness (QED) is 0.444. The number of amides is 2. The highest BCUT2D eigenvalue weighted by molar-refractivity contribution is 7.23. The summed E-state index contributed by atoms with van der Waals surface area (Å²) in [5, 5.41) is 15.4. The molecule has 1 aliphatic rings. The molecule has 0 spiro atoms. The van der Waals surface area contributed by atoms with Gasteiger partial charge in [-0.1, -0.05) is 23.5 Å². The lowest BCUT2D eigenvalue weighted by atomic mass is 10.0. The number of thiazole rings is 1. The number of imidazole rings is 1. The van der Waals surface area contributed by atoms with E-state index in [0.29, 0.717) is 11.1 Å². The normalized spacial score (nSPS) is 15.0. The summed E-state index contributed by atoms with van der Waals surface area (Å²) in [4.78, 5) is 29.7. The number of fused-ring (bicyclic) bond motifs is 3. The van der Waals surface area contributed by atoms with Crippen LogP contribution in [0, 0.1) is 0 Å². The van der Waals surface area contributed by atoms with Crippen molar-refractivity contribution in [3.05, 3.63) is 59.8 Å². The zero-order chi connectivity index (χ0) is 21.6. The summed E-state index contributed by atoms with van der Waals surface area (Å²) in [5.74, 6) is -0.358. The molecule has 1 saturated heterocycles. The molecule has 31 heavy (non-hydrogen) atoms. The van der Waals surface area contributed by atoms with Gasteiger partial charge in [-0.25, -0.2) is 4.98 Å². The number of benzene rings is 2. The molecule has 3 heterocycles. The molecule has 9 heteroatoms. The first-order chi connectivity index (χ1) is 15.0. The largest absolute Gasteiger partial charge is 0.383 e. The van der Waals surface area contributed by atoms with E-state index in [-0.39, 0.29) is 31.6 Å². The van der Waals surface area contributed by atoms with Gasteiger partial charge in [0.15, 0.2) is 4.96 Å². The van der Waals surface area contributed by atoms with Crippen molar-refractivity contribution < 1.29 is 19.4 Å². The van der Waals surface area contributed by atoms with Crippen molar-refractivity contribution in [1.29, 1.82) is 0 Å². The van der Waals surface area contributed by atoms with E-state index in [2.05, 4.69) is 10.6 Å². The number of hydrogen-bond donors (Lipinski definition) is 3. The van der Waals surface area contributed by atoms with Gasteiger partial charge in [0.1, 0.15) is 5.60 Å². The highest BCUT2D eigenvalue weighted by atomic mass is 32.1. The van der Waals surface area contributed by atoms with Gasteiger partial charge in [-0.2, -0.15) is 0 Å². The SMILES string of the molecule is CNC(=O)c1ccc(-c2cn3c(n2)sc2cc(C(=O)NCC4(O)COC4)ccc23)cc1. The molecule has 5 rings (SSSR count). The van der Waals surface area contributed by atoms with Crippen LogP contribution >= 0.6 is 11.3 Å². The number of carbonyl (C=O) groups is 2. The van der Waals surface area contributed by atoms with Crippen LogP contribution in [0.1, 0.15) is 20.7 Å². The number of carbonyl (C=O) groups excluding carboxylic acids is 2. The van der Waals surface area contributed by atoms with Gasteiger partial charge in [-0.15, -0.1) is 0 Å². The smallest absolute Gasteiger partial charge is 0.251 e. The third-order valence-electron chi connectivity index (χ3n) is 5.35. The maximum absolute atomic E-state index is 12.5. The first-order valence-corrected chi connectivity index (χ1v) is 10.6. The van der Waals surface area contributed by atoms with Crippen LogP contribution < -0.4 is 10.6 Å². The van der Waals surface area contributed by atoms with Crippen LogP contribution in [0.4, 0.5) is 0 Å². The van der Waals surface area contributed by atoms with Crippen molar-refractivity contribution in [3.63, 3.8) is 0 Å². The van der Waals surface area contributed by atoms with Gasteiger partial charge in [0.05, 0.1) is 35.7 Å². The van der Waals surface area contributed by atoms with E-state index < -0.39 is 5.60 Å². The molecule has 0 radical (unpaired) electrons. The van der Waals surface area contributed by atoms with Gasteiger partial charge < -0.3 is 20.5 Å². The van der Waals surface area contributed by atoms with Crippen LogP contribution in [0.5, 0.6) is 0 Å². The molecule has 0 aliphatic carbocycles. The Morgan fingerprint density at radius 2 is 1.90 bits per heavy atom. The molecule has 4 aromatic rings. The average Bonchev–Trinajstić information content (AvgIpc) is 3.33. The Balaban J connectivity index is 1.39. The Morgan fingerprint density at radius 3 is 2.58 bits per heavy atom. The minimum atomic E-state index is -0.960. The second-order valence-corrected chi connectivity index (χ2v) is 8.63. The summed E-state index contributed by atoms with van der Waals surface area (Å²) < 4.78 is 7.94. The Bertz CT molecular complexity index is 1300. The summed E-state index contributed by atoms with van der Waals surface area (Å²) in [5.41, 5.74) is 2.87. The number of nitrogens with one attached hydrogen (secondary N) is 2. The summed E-state index contributed by atoms with van der Waals surface area (Å²) in [6.07, 6.45) is 1.95. The Morgan fingerprint density at radius 1 is 1.16 bits per heavy atom. The minimum absolute atomic E-state index is 0.126. The van der Waals surface area contributed by atoms with Crippen molar-refractivity contribution >= 4 is 38.3 Å². The zero-order valence-corrected chi connectivity index (χ0v) is 17.5. The van der Waals surface area contributed by atoms with Crippen molar-refractivity contribution in [3.8, 4) is 11.3 Å². The van der Waals surface area contributed by atoms with E-state index in [1.54, 1.807) is 25.2 Å². The van der Waals surface area contributed by atoms with Crippen LogP contribution in [0.15, 0.2) is 48.7 Å². The van der Waals surface area contributed by atoms with E-state index in [0.717, 1.165) is 26.4 Å². The van der Waals surface area contributed by atoms with Crippen LogP contribution in [0.2, 0.25) is 0 Å². The van der Waals surface area contributed by atoms with Gasteiger partial charge in [0, 0.05) is 29.9 Å². The molecular weight excluding hydrogens is 416 g/mol. The molecule has 1 fully saturated rings. The predicted octanol–water partition coefficient (Wildman–Crippen LogP) is 2.07. The second-order valence-electron chi connectivity index (χ2n) is 7.62. The highest BCUT2D eigenvalue weighted by Crippen LogP contribution is 2.30. The van der Waals surface area contributed by atoms with Crippen LogP contribution in [-0.2, 0) is 4.74 Å². The molecule has 8 nitrogen and oxygen atoms in total.